The molecule has 1 aromatic rings. The lowest BCUT2D eigenvalue weighted by atomic mass is 10.0. The highest BCUT2D eigenvalue weighted by atomic mass is 35.5. The van der Waals surface area contributed by atoms with Crippen LogP contribution in [0.2, 0.25) is 5.02 Å². The third kappa shape index (κ3) is 8.63. The van der Waals surface area contributed by atoms with E-state index >= 15 is 0 Å². The lowest BCUT2D eigenvalue weighted by Gasteiger charge is -2.28. The zero-order valence-corrected chi connectivity index (χ0v) is 19.8. The van der Waals surface area contributed by atoms with Crippen molar-refractivity contribution >= 4 is 29.5 Å². The van der Waals surface area contributed by atoms with Crippen molar-refractivity contribution in [3.05, 3.63) is 40.9 Å². The first kappa shape index (κ1) is 25.4. The predicted octanol–water partition coefficient (Wildman–Crippen LogP) is 3.07. The molecule has 2 atom stereocenters. The quantitative estimate of drug-likeness (QED) is 0.455. The van der Waals surface area contributed by atoms with Crippen LogP contribution < -0.4 is 16.0 Å². The molecule has 1 aliphatic rings. The summed E-state index contributed by atoms with van der Waals surface area (Å²) in [6.07, 6.45) is 7.01. The highest BCUT2D eigenvalue weighted by Gasteiger charge is 2.31. The molecule has 1 aliphatic heterocycles. The van der Waals surface area contributed by atoms with Gasteiger partial charge in [0.25, 0.3) is 0 Å². The van der Waals surface area contributed by atoms with Crippen LogP contribution in [0.25, 0.3) is 6.08 Å². The molecule has 6 nitrogen and oxygen atoms in total. The maximum atomic E-state index is 13.1. The molecule has 0 aliphatic carbocycles. The first-order valence-electron chi connectivity index (χ1n) is 11.4. The van der Waals surface area contributed by atoms with Gasteiger partial charge in [0, 0.05) is 36.8 Å². The topological polar surface area (TPSA) is 73.5 Å². The van der Waals surface area contributed by atoms with Gasteiger partial charge in [0.15, 0.2) is 0 Å². The highest BCUT2D eigenvalue weighted by Crippen LogP contribution is 2.16. The van der Waals surface area contributed by atoms with Crippen LogP contribution in [-0.2, 0) is 9.59 Å². The van der Waals surface area contributed by atoms with Crippen molar-refractivity contribution in [3.8, 4) is 0 Å². The summed E-state index contributed by atoms with van der Waals surface area (Å²) in [4.78, 5) is 27.4. The Morgan fingerprint density at radius 3 is 2.65 bits per heavy atom. The number of hydrogen-bond donors (Lipinski definition) is 3. The lowest BCUT2D eigenvalue weighted by molar-refractivity contribution is -0.133. The third-order valence-electron chi connectivity index (χ3n) is 5.93. The second kappa shape index (κ2) is 13.5. The van der Waals surface area contributed by atoms with E-state index in [0.29, 0.717) is 17.5 Å². The fourth-order valence-corrected chi connectivity index (χ4v) is 3.93. The van der Waals surface area contributed by atoms with Gasteiger partial charge in [0.1, 0.15) is 0 Å². The predicted molar refractivity (Wildman–Crippen MR) is 128 cm³/mol. The van der Waals surface area contributed by atoms with Gasteiger partial charge in [-0.2, -0.15) is 0 Å². The Labute approximate surface area is 191 Å². The van der Waals surface area contributed by atoms with Gasteiger partial charge in [-0.25, -0.2) is 0 Å². The molecule has 2 amide bonds. The van der Waals surface area contributed by atoms with E-state index in [1.54, 1.807) is 18.2 Å². The number of benzene rings is 1. The van der Waals surface area contributed by atoms with Crippen LogP contribution in [0.3, 0.4) is 0 Å². The standard InChI is InChI=1S/C24H37ClN4O2/c1-4-18(5-2)17-29-15-13-21(28-22(24(29)31)12-14-26-3)16-27-23(30)11-8-19-6-9-20(25)10-7-19/h6-11,18,21-22,26,28H,4-5,12-17H2,1-3H3,(H,27,30)/b11-8+. The Kier molecular flexibility index (Phi) is 11.1. The van der Waals surface area contributed by atoms with Crippen molar-refractivity contribution < 1.29 is 9.59 Å². The third-order valence-corrected chi connectivity index (χ3v) is 6.18. The Morgan fingerprint density at radius 1 is 1.29 bits per heavy atom. The molecule has 0 aromatic heterocycles. The first-order chi connectivity index (χ1) is 15.0. The van der Waals surface area contributed by atoms with Gasteiger partial charge < -0.3 is 20.9 Å². The minimum atomic E-state index is -0.226. The van der Waals surface area contributed by atoms with Crippen molar-refractivity contribution in [2.45, 2.75) is 51.6 Å². The zero-order valence-electron chi connectivity index (χ0n) is 19.0. The van der Waals surface area contributed by atoms with Crippen LogP contribution in [-0.4, -0.2) is 62.0 Å². The summed E-state index contributed by atoms with van der Waals surface area (Å²) in [6.45, 7) is 7.16. The number of halogens is 1. The van der Waals surface area contributed by atoms with Crippen molar-refractivity contribution in [3.63, 3.8) is 0 Å². The monoisotopic (exact) mass is 448 g/mol. The van der Waals surface area contributed by atoms with Gasteiger partial charge in [-0.3, -0.25) is 9.59 Å². The van der Waals surface area contributed by atoms with Gasteiger partial charge in [0.05, 0.1) is 6.04 Å². The molecule has 7 heteroatoms. The molecule has 1 fully saturated rings. The minimum Gasteiger partial charge on any atom is -0.351 e. The summed E-state index contributed by atoms with van der Waals surface area (Å²) >= 11 is 5.89. The molecule has 0 spiro atoms. The van der Waals surface area contributed by atoms with E-state index in [1.165, 1.54) is 6.08 Å². The largest absolute Gasteiger partial charge is 0.351 e. The van der Waals surface area contributed by atoms with Gasteiger partial charge in [-0.15, -0.1) is 0 Å². The van der Waals surface area contributed by atoms with Crippen LogP contribution >= 0.6 is 11.6 Å². The molecular formula is C24H37ClN4O2. The van der Waals surface area contributed by atoms with Gasteiger partial charge in [0.2, 0.25) is 11.8 Å². The molecule has 2 rings (SSSR count). The number of carbonyl (C=O) groups is 2. The number of hydrogen-bond acceptors (Lipinski definition) is 4. The van der Waals surface area contributed by atoms with E-state index in [4.69, 9.17) is 11.6 Å². The van der Waals surface area contributed by atoms with E-state index < -0.39 is 0 Å². The summed E-state index contributed by atoms with van der Waals surface area (Å²) in [5.41, 5.74) is 0.918. The SMILES string of the molecule is CCC(CC)CN1CCC(CNC(=O)/C=C/c2ccc(Cl)cc2)NC(CCNC)C1=O. The summed E-state index contributed by atoms with van der Waals surface area (Å²) in [7, 11) is 1.90. The Morgan fingerprint density at radius 2 is 2.00 bits per heavy atom. The molecule has 1 saturated heterocycles. The first-order valence-corrected chi connectivity index (χ1v) is 11.8. The molecule has 0 saturated carbocycles. The highest BCUT2D eigenvalue weighted by molar-refractivity contribution is 6.30. The van der Waals surface area contributed by atoms with Crippen LogP contribution in [0.1, 0.15) is 45.1 Å². The molecule has 2 unspecified atom stereocenters. The van der Waals surface area contributed by atoms with Crippen LogP contribution in [0, 0.1) is 5.92 Å². The Balaban J connectivity index is 1.94. The van der Waals surface area contributed by atoms with E-state index in [1.807, 2.05) is 24.1 Å². The van der Waals surface area contributed by atoms with Crippen molar-refractivity contribution in [2.24, 2.45) is 5.92 Å². The molecule has 172 valence electrons. The fourth-order valence-electron chi connectivity index (χ4n) is 3.81. The van der Waals surface area contributed by atoms with Crippen LogP contribution in [0.4, 0.5) is 0 Å². The molecule has 1 aromatic carbocycles. The Bertz CT molecular complexity index is 719. The number of rotatable bonds is 11. The number of nitrogens with zero attached hydrogens (tertiary/aromatic N) is 1. The molecule has 31 heavy (non-hydrogen) atoms. The molecule has 1 heterocycles. The normalized spacial score (nSPS) is 19.8. The fraction of sp³-hybridized carbons (Fsp3) is 0.583. The summed E-state index contributed by atoms with van der Waals surface area (Å²) in [5, 5.41) is 10.3. The summed E-state index contributed by atoms with van der Waals surface area (Å²) < 4.78 is 0. The van der Waals surface area contributed by atoms with Crippen molar-refractivity contribution in [1.29, 1.82) is 0 Å². The van der Waals surface area contributed by atoms with Gasteiger partial charge >= 0.3 is 0 Å². The van der Waals surface area contributed by atoms with Gasteiger partial charge in [-0.05, 0) is 56.1 Å². The number of carbonyl (C=O) groups excluding carboxylic acids is 2. The summed E-state index contributed by atoms with van der Waals surface area (Å²) in [6, 6.07) is 7.16. The van der Waals surface area contributed by atoms with E-state index in [-0.39, 0.29) is 23.9 Å². The van der Waals surface area contributed by atoms with Crippen LogP contribution in [0.5, 0.6) is 0 Å². The Hall–Kier alpha value is -1.89. The zero-order chi connectivity index (χ0) is 22.6. The molecule has 0 bridgehead atoms. The van der Waals surface area contributed by atoms with E-state index in [0.717, 1.165) is 50.9 Å². The molecule has 0 radical (unpaired) electrons. The lowest BCUT2D eigenvalue weighted by Crippen LogP contribution is -2.50. The molecule has 3 N–H and O–H groups in total. The maximum Gasteiger partial charge on any atom is 0.244 e. The summed E-state index contributed by atoms with van der Waals surface area (Å²) in [5.74, 6) is 0.565. The number of nitrogens with one attached hydrogen (secondary N) is 3. The second-order valence-corrected chi connectivity index (χ2v) is 8.63. The van der Waals surface area contributed by atoms with Crippen molar-refractivity contribution in [1.82, 2.24) is 20.9 Å². The minimum absolute atomic E-state index is 0.0605. The second-order valence-electron chi connectivity index (χ2n) is 8.19. The maximum absolute atomic E-state index is 13.1. The number of amides is 2. The average molecular weight is 449 g/mol. The van der Waals surface area contributed by atoms with E-state index in [2.05, 4.69) is 29.8 Å². The van der Waals surface area contributed by atoms with E-state index in [9.17, 15) is 9.59 Å². The van der Waals surface area contributed by atoms with Gasteiger partial charge in [-0.1, -0.05) is 50.4 Å². The average Bonchev–Trinajstić information content (AvgIpc) is 2.92. The smallest absolute Gasteiger partial charge is 0.244 e. The van der Waals surface area contributed by atoms with Crippen molar-refractivity contribution in [2.75, 3.05) is 33.2 Å². The molecular weight excluding hydrogens is 412 g/mol. The van der Waals surface area contributed by atoms with Crippen LogP contribution in [0.15, 0.2) is 30.3 Å².